The number of anilines is 1. The Labute approximate surface area is 154 Å². The SMILES string of the molecule is CC(c1cc2ccccc2o1)N(C)c1ccc(S(N)(=O)=O)c(C(F)(F)F)c1. The first-order valence-electron chi connectivity index (χ1n) is 7.94. The normalized spacial score (nSPS) is 13.7. The molecule has 1 atom stereocenters. The molecule has 144 valence electrons. The topological polar surface area (TPSA) is 76.5 Å². The lowest BCUT2D eigenvalue weighted by Gasteiger charge is -2.26. The minimum absolute atomic E-state index is 0.183. The third kappa shape index (κ3) is 3.79. The standard InChI is InChI=1S/C18H17F3N2O3S/c1-11(16-9-12-5-3-4-6-15(12)26-16)23(2)13-7-8-17(27(22,24)25)14(10-13)18(19,20)21/h3-11H,1-2H3,(H2,22,24,25). The summed E-state index contributed by atoms with van der Waals surface area (Å²) in [4.78, 5) is 0.614. The van der Waals surface area contributed by atoms with E-state index in [2.05, 4.69) is 0 Å². The lowest BCUT2D eigenvalue weighted by molar-refractivity contribution is -0.139. The van der Waals surface area contributed by atoms with Crippen LogP contribution in [0.1, 0.15) is 24.3 Å². The van der Waals surface area contributed by atoms with Gasteiger partial charge < -0.3 is 9.32 Å². The van der Waals surface area contributed by atoms with Crippen LogP contribution in [0.2, 0.25) is 0 Å². The summed E-state index contributed by atoms with van der Waals surface area (Å²) < 4.78 is 68.7. The summed E-state index contributed by atoms with van der Waals surface area (Å²) in [5, 5.41) is 5.80. The van der Waals surface area contributed by atoms with E-state index in [1.165, 1.54) is 6.07 Å². The van der Waals surface area contributed by atoms with Crippen LogP contribution in [0, 0.1) is 0 Å². The lowest BCUT2D eigenvalue weighted by atomic mass is 10.1. The summed E-state index contributed by atoms with van der Waals surface area (Å²) in [7, 11) is -2.90. The van der Waals surface area contributed by atoms with Gasteiger partial charge in [0.25, 0.3) is 0 Å². The average molecular weight is 398 g/mol. The van der Waals surface area contributed by atoms with E-state index in [9.17, 15) is 21.6 Å². The van der Waals surface area contributed by atoms with E-state index in [1.807, 2.05) is 24.3 Å². The van der Waals surface area contributed by atoms with Gasteiger partial charge in [0, 0.05) is 18.1 Å². The van der Waals surface area contributed by atoms with Crippen molar-refractivity contribution in [3.63, 3.8) is 0 Å². The minimum Gasteiger partial charge on any atom is -0.459 e. The molecule has 0 aliphatic carbocycles. The summed E-state index contributed by atoms with van der Waals surface area (Å²) in [6.45, 7) is 1.78. The van der Waals surface area contributed by atoms with E-state index < -0.39 is 26.7 Å². The number of benzene rings is 2. The number of alkyl halides is 3. The van der Waals surface area contributed by atoms with Gasteiger partial charge in [0.15, 0.2) is 0 Å². The summed E-state index contributed by atoms with van der Waals surface area (Å²) in [5.74, 6) is 0.572. The monoisotopic (exact) mass is 398 g/mol. The van der Waals surface area contributed by atoms with Gasteiger partial charge in [-0.15, -0.1) is 0 Å². The van der Waals surface area contributed by atoms with Crippen LogP contribution in [0.3, 0.4) is 0 Å². The molecule has 0 saturated heterocycles. The molecule has 0 spiro atoms. The first-order valence-corrected chi connectivity index (χ1v) is 9.48. The van der Waals surface area contributed by atoms with Crippen LogP contribution >= 0.6 is 0 Å². The van der Waals surface area contributed by atoms with Gasteiger partial charge in [0.1, 0.15) is 11.3 Å². The Morgan fingerprint density at radius 2 is 1.78 bits per heavy atom. The maximum Gasteiger partial charge on any atom is 0.417 e. The van der Waals surface area contributed by atoms with Crippen molar-refractivity contribution in [3.8, 4) is 0 Å². The van der Waals surface area contributed by atoms with Gasteiger partial charge in [0.05, 0.1) is 16.5 Å². The average Bonchev–Trinajstić information content (AvgIpc) is 3.02. The maximum atomic E-state index is 13.3. The molecule has 2 N–H and O–H groups in total. The molecular formula is C18H17F3N2O3S. The van der Waals surface area contributed by atoms with Gasteiger partial charge in [-0.3, -0.25) is 0 Å². The second-order valence-electron chi connectivity index (χ2n) is 6.20. The van der Waals surface area contributed by atoms with Gasteiger partial charge >= 0.3 is 6.18 Å². The molecule has 1 heterocycles. The molecule has 3 rings (SSSR count). The summed E-state index contributed by atoms with van der Waals surface area (Å²) >= 11 is 0. The van der Waals surface area contributed by atoms with Crippen molar-refractivity contribution in [1.29, 1.82) is 0 Å². The van der Waals surface area contributed by atoms with Gasteiger partial charge in [0.2, 0.25) is 10.0 Å². The van der Waals surface area contributed by atoms with E-state index in [1.54, 1.807) is 24.9 Å². The van der Waals surface area contributed by atoms with E-state index in [-0.39, 0.29) is 11.7 Å². The van der Waals surface area contributed by atoms with Crippen LogP contribution in [-0.2, 0) is 16.2 Å². The highest BCUT2D eigenvalue weighted by atomic mass is 32.2. The maximum absolute atomic E-state index is 13.3. The molecule has 0 bridgehead atoms. The summed E-state index contributed by atoms with van der Waals surface area (Å²) in [6.07, 6.45) is -4.86. The second-order valence-corrected chi connectivity index (χ2v) is 7.73. The zero-order valence-corrected chi connectivity index (χ0v) is 15.3. The number of fused-ring (bicyclic) bond motifs is 1. The van der Waals surface area contributed by atoms with Crippen molar-refractivity contribution in [2.24, 2.45) is 5.14 Å². The molecule has 2 aromatic carbocycles. The van der Waals surface area contributed by atoms with Crippen molar-refractivity contribution in [2.45, 2.75) is 24.0 Å². The Kier molecular flexibility index (Phi) is 4.69. The van der Waals surface area contributed by atoms with Crippen LogP contribution < -0.4 is 10.0 Å². The number of primary sulfonamides is 1. The number of furan rings is 1. The molecule has 3 aromatic rings. The van der Waals surface area contributed by atoms with Crippen LogP contribution in [-0.4, -0.2) is 15.5 Å². The second kappa shape index (κ2) is 6.58. The lowest BCUT2D eigenvalue weighted by Crippen LogP contribution is -2.23. The molecule has 0 aliphatic rings. The molecule has 27 heavy (non-hydrogen) atoms. The first-order chi connectivity index (χ1) is 12.5. The minimum atomic E-state index is -4.86. The number of hydrogen-bond acceptors (Lipinski definition) is 4. The third-order valence-electron chi connectivity index (χ3n) is 4.42. The van der Waals surface area contributed by atoms with Gasteiger partial charge in [-0.2, -0.15) is 13.2 Å². The van der Waals surface area contributed by atoms with Gasteiger partial charge in [-0.25, -0.2) is 13.6 Å². The van der Waals surface area contributed by atoms with E-state index in [0.717, 1.165) is 17.5 Å². The molecule has 0 fully saturated rings. The Bertz CT molecular complexity index is 1060. The molecular weight excluding hydrogens is 381 g/mol. The molecule has 1 unspecified atom stereocenters. The van der Waals surface area contributed by atoms with E-state index >= 15 is 0 Å². The molecule has 0 aliphatic heterocycles. The number of nitrogens with two attached hydrogens (primary N) is 1. The quantitative estimate of drug-likeness (QED) is 0.711. The molecule has 9 heteroatoms. The van der Waals surface area contributed by atoms with E-state index in [4.69, 9.17) is 9.56 Å². The predicted octanol–water partition coefficient (Wildman–Crippen LogP) is 4.30. The highest BCUT2D eigenvalue weighted by Crippen LogP contribution is 2.38. The highest BCUT2D eigenvalue weighted by Gasteiger charge is 2.37. The van der Waals surface area contributed by atoms with Crippen LogP contribution in [0.4, 0.5) is 18.9 Å². The van der Waals surface area contributed by atoms with Crippen molar-refractivity contribution in [2.75, 3.05) is 11.9 Å². The number of para-hydroxylation sites is 1. The van der Waals surface area contributed by atoms with Crippen LogP contribution in [0.5, 0.6) is 0 Å². The van der Waals surface area contributed by atoms with Crippen molar-refractivity contribution in [3.05, 3.63) is 59.9 Å². The van der Waals surface area contributed by atoms with Crippen molar-refractivity contribution in [1.82, 2.24) is 0 Å². The number of rotatable bonds is 4. The number of nitrogens with zero attached hydrogens (tertiary/aromatic N) is 1. The third-order valence-corrected chi connectivity index (χ3v) is 5.39. The first kappa shape index (κ1) is 19.2. The Morgan fingerprint density at radius 3 is 2.37 bits per heavy atom. The fourth-order valence-corrected chi connectivity index (χ4v) is 3.57. The Hall–Kier alpha value is -2.52. The zero-order chi connectivity index (χ0) is 20.0. The number of sulfonamides is 1. The molecule has 0 saturated carbocycles. The predicted molar refractivity (Wildman–Crippen MR) is 95.8 cm³/mol. The van der Waals surface area contributed by atoms with Crippen molar-refractivity contribution >= 4 is 26.7 Å². The summed E-state index contributed by atoms with van der Waals surface area (Å²) in [5.41, 5.74) is -0.442. The number of halogens is 3. The molecule has 0 amide bonds. The molecule has 0 radical (unpaired) electrons. The fraction of sp³-hybridized carbons (Fsp3) is 0.222. The highest BCUT2D eigenvalue weighted by molar-refractivity contribution is 7.89. The van der Waals surface area contributed by atoms with Crippen LogP contribution in [0.15, 0.2) is 57.8 Å². The van der Waals surface area contributed by atoms with Crippen LogP contribution in [0.25, 0.3) is 11.0 Å². The molecule has 1 aromatic heterocycles. The fourth-order valence-electron chi connectivity index (χ4n) is 2.83. The Balaban J connectivity index is 2.02. The largest absolute Gasteiger partial charge is 0.459 e. The smallest absolute Gasteiger partial charge is 0.417 e. The van der Waals surface area contributed by atoms with Gasteiger partial charge in [-0.1, -0.05) is 18.2 Å². The summed E-state index contributed by atoms with van der Waals surface area (Å²) in [6, 6.07) is 11.7. The molecule has 5 nitrogen and oxygen atoms in total. The number of hydrogen-bond donors (Lipinski definition) is 1. The zero-order valence-electron chi connectivity index (χ0n) is 14.5. The van der Waals surface area contributed by atoms with Crippen molar-refractivity contribution < 1.29 is 26.0 Å². The Morgan fingerprint density at radius 1 is 1.11 bits per heavy atom. The van der Waals surface area contributed by atoms with Gasteiger partial charge in [-0.05, 0) is 37.3 Å². The van der Waals surface area contributed by atoms with E-state index in [0.29, 0.717) is 11.3 Å².